The number of rotatable bonds is 3. The molecule has 3 unspecified atom stereocenters. The van der Waals surface area contributed by atoms with E-state index in [9.17, 15) is 4.79 Å². The van der Waals surface area contributed by atoms with Gasteiger partial charge >= 0.3 is 0 Å². The van der Waals surface area contributed by atoms with Crippen molar-refractivity contribution in [3.05, 3.63) is 0 Å². The molecule has 0 saturated carbocycles. The van der Waals surface area contributed by atoms with Gasteiger partial charge in [0.2, 0.25) is 0 Å². The smallest absolute Gasteiger partial charge is 0.137 e. The molecule has 3 aliphatic heterocycles. The Hall–Kier alpha value is -0.100. The van der Waals surface area contributed by atoms with E-state index in [2.05, 4.69) is 5.32 Å². The molecule has 5 heteroatoms. The molecule has 0 aromatic carbocycles. The maximum Gasteiger partial charge on any atom is 0.137 e. The van der Waals surface area contributed by atoms with Crippen LogP contribution in [0.3, 0.4) is 0 Å². The minimum atomic E-state index is -0.146. The van der Waals surface area contributed by atoms with Crippen LogP contribution < -0.4 is 5.32 Å². The Morgan fingerprint density at radius 1 is 1.42 bits per heavy atom. The van der Waals surface area contributed by atoms with Crippen molar-refractivity contribution < 1.29 is 14.3 Å². The first-order valence-electron chi connectivity index (χ1n) is 7.33. The van der Waals surface area contributed by atoms with E-state index in [1.165, 1.54) is 5.75 Å². The fourth-order valence-electron chi connectivity index (χ4n) is 3.33. The summed E-state index contributed by atoms with van der Waals surface area (Å²) in [7, 11) is 0. The number of Topliss-reactive ketones (excluding diaryl/α,β-unsaturated/α-hetero) is 1. The Morgan fingerprint density at radius 2 is 2.37 bits per heavy atom. The van der Waals surface area contributed by atoms with E-state index >= 15 is 0 Å². The molecule has 3 saturated heterocycles. The molecule has 0 amide bonds. The summed E-state index contributed by atoms with van der Waals surface area (Å²) in [4.78, 5) is 12.5. The Labute approximate surface area is 119 Å². The first-order chi connectivity index (χ1) is 9.27. The van der Waals surface area contributed by atoms with E-state index in [-0.39, 0.29) is 11.5 Å². The second kappa shape index (κ2) is 6.12. The Balaban J connectivity index is 1.54. The molecular weight excluding hydrogens is 262 g/mol. The number of carbonyl (C=O) groups is 1. The number of nitrogens with one attached hydrogen (secondary N) is 1. The summed E-state index contributed by atoms with van der Waals surface area (Å²) < 4.78 is 11.4. The molecule has 108 valence electrons. The summed E-state index contributed by atoms with van der Waals surface area (Å²) in [5, 5.41) is 3.45. The average Bonchev–Trinajstić information content (AvgIpc) is 2.88. The van der Waals surface area contributed by atoms with Crippen molar-refractivity contribution in [1.82, 2.24) is 5.32 Å². The van der Waals surface area contributed by atoms with Crippen molar-refractivity contribution in [3.8, 4) is 0 Å². The van der Waals surface area contributed by atoms with Gasteiger partial charge < -0.3 is 14.8 Å². The van der Waals surface area contributed by atoms with Crippen molar-refractivity contribution in [3.63, 3.8) is 0 Å². The van der Waals surface area contributed by atoms with Gasteiger partial charge in [-0.05, 0) is 12.8 Å². The number of ether oxygens (including phenoxy) is 2. The lowest BCUT2D eigenvalue weighted by atomic mass is 9.81. The van der Waals surface area contributed by atoms with E-state index in [1.54, 1.807) is 0 Å². The fourth-order valence-corrected chi connectivity index (χ4v) is 4.28. The summed E-state index contributed by atoms with van der Waals surface area (Å²) in [5.41, 5.74) is -0.146. The molecule has 3 aliphatic rings. The van der Waals surface area contributed by atoms with Gasteiger partial charge in [0.1, 0.15) is 5.78 Å². The Morgan fingerprint density at radius 3 is 3.11 bits per heavy atom. The van der Waals surface area contributed by atoms with Gasteiger partial charge in [0, 0.05) is 56.1 Å². The van der Waals surface area contributed by atoms with Gasteiger partial charge in [-0.25, -0.2) is 0 Å². The third-order valence-corrected chi connectivity index (χ3v) is 5.59. The Bertz CT molecular complexity index is 325. The molecule has 3 rings (SSSR count). The number of ketones is 1. The largest absolute Gasteiger partial charge is 0.378 e. The van der Waals surface area contributed by atoms with Crippen LogP contribution in [0.1, 0.15) is 25.7 Å². The number of hydrogen-bond acceptors (Lipinski definition) is 5. The highest BCUT2D eigenvalue weighted by Crippen LogP contribution is 2.36. The predicted octanol–water partition coefficient (Wildman–Crippen LogP) is 1.24. The highest BCUT2D eigenvalue weighted by atomic mass is 32.2. The minimum absolute atomic E-state index is 0.146. The zero-order valence-electron chi connectivity index (χ0n) is 11.4. The van der Waals surface area contributed by atoms with Crippen molar-refractivity contribution in [2.24, 2.45) is 5.92 Å². The van der Waals surface area contributed by atoms with E-state index in [4.69, 9.17) is 9.47 Å². The zero-order chi connectivity index (χ0) is 13.1. The van der Waals surface area contributed by atoms with Crippen LogP contribution >= 0.6 is 11.8 Å². The lowest BCUT2D eigenvalue weighted by Gasteiger charge is -2.37. The van der Waals surface area contributed by atoms with Gasteiger partial charge in [-0.15, -0.1) is 0 Å². The van der Waals surface area contributed by atoms with Crippen LogP contribution in [-0.4, -0.2) is 55.3 Å². The standard InChI is InChI=1S/C14H23NO3S/c16-13(7-12-9-19-6-3-15-12)11-1-4-18-14(8-11)2-5-17-10-14/h11-12,15H,1-10H2. The average molecular weight is 285 g/mol. The van der Waals surface area contributed by atoms with Gasteiger partial charge in [0.05, 0.1) is 12.2 Å². The molecule has 3 fully saturated rings. The SMILES string of the molecule is O=C(CC1CSCCN1)C1CCOC2(CCOC2)C1. The molecule has 19 heavy (non-hydrogen) atoms. The van der Waals surface area contributed by atoms with Crippen LogP contribution in [-0.2, 0) is 14.3 Å². The number of hydrogen-bond donors (Lipinski definition) is 1. The van der Waals surface area contributed by atoms with Gasteiger partial charge in [-0.2, -0.15) is 11.8 Å². The highest BCUT2D eigenvalue weighted by Gasteiger charge is 2.43. The third kappa shape index (κ3) is 3.32. The molecule has 4 nitrogen and oxygen atoms in total. The molecule has 3 atom stereocenters. The van der Waals surface area contributed by atoms with Crippen molar-refractivity contribution in [2.75, 3.05) is 37.9 Å². The zero-order valence-corrected chi connectivity index (χ0v) is 12.2. The summed E-state index contributed by atoms with van der Waals surface area (Å²) in [5.74, 6) is 2.85. The van der Waals surface area contributed by atoms with Crippen molar-refractivity contribution in [2.45, 2.75) is 37.3 Å². The second-order valence-corrected chi connectivity index (χ2v) is 7.07. The van der Waals surface area contributed by atoms with E-state index in [1.807, 2.05) is 11.8 Å². The first kappa shape index (κ1) is 13.9. The molecule has 3 heterocycles. The monoisotopic (exact) mass is 285 g/mol. The van der Waals surface area contributed by atoms with E-state index in [0.717, 1.165) is 38.2 Å². The molecule has 0 radical (unpaired) electrons. The molecular formula is C14H23NO3S. The van der Waals surface area contributed by atoms with Gasteiger partial charge in [-0.3, -0.25) is 4.79 Å². The molecule has 0 aliphatic carbocycles. The maximum atomic E-state index is 12.5. The number of thioether (sulfide) groups is 1. The van der Waals surface area contributed by atoms with Crippen LogP contribution in [0.15, 0.2) is 0 Å². The first-order valence-corrected chi connectivity index (χ1v) is 8.48. The maximum absolute atomic E-state index is 12.5. The summed E-state index contributed by atoms with van der Waals surface area (Å²) >= 11 is 1.95. The molecule has 1 spiro atoms. The second-order valence-electron chi connectivity index (χ2n) is 5.92. The summed E-state index contributed by atoms with van der Waals surface area (Å²) in [6, 6.07) is 0.380. The summed E-state index contributed by atoms with van der Waals surface area (Å²) in [6.45, 7) is 3.21. The van der Waals surface area contributed by atoms with Crippen molar-refractivity contribution in [1.29, 1.82) is 0 Å². The van der Waals surface area contributed by atoms with E-state index < -0.39 is 0 Å². The van der Waals surface area contributed by atoms with Crippen LogP contribution in [0.2, 0.25) is 0 Å². The molecule has 1 N–H and O–H groups in total. The number of carbonyl (C=O) groups excluding carboxylic acids is 1. The normalized spacial score (nSPS) is 39.6. The van der Waals surface area contributed by atoms with Crippen LogP contribution in [0.5, 0.6) is 0 Å². The summed E-state index contributed by atoms with van der Waals surface area (Å²) in [6.07, 6.45) is 3.40. The van der Waals surface area contributed by atoms with Gasteiger partial charge in [0.25, 0.3) is 0 Å². The lowest BCUT2D eigenvalue weighted by molar-refractivity contribution is -0.137. The minimum Gasteiger partial charge on any atom is -0.378 e. The van der Waals surface area contributed by atoms with E-state index in [0.29, 0.717) is 31.5 Å². The topological polar surface area (TPSA) is 47.6 Å². The van der Waals surface area contributed by atoms with Crippen molar-refractivity contribution >= 4 is 17.5 Å². The lowest BCUT2D eigenvalue weighted by Crippen LogP contribution is -2.45. The van der Waals surface area contributed by atoms with Gasteiger partial charge in [0.15, 0.2) is 0 Å². The quantitative estimate of drug-likeness (QED) is 0.845. The van der Waals surface area contributed by atoms with Crippen LogP contribution in [0, 0.1) is 5.92 Å². The highest BCUT2D eigenvalue weighted by molar-refractivity contribution is 7.99. The molecule has 0 aromatic rings. The third-order valence-electron chi connectivity index (χ3n) is 4.46. The fraction of sp³-hybridized carbons (Fsp3) is 0.929. The van der Waals surface area contributed by atoms with Crippen LogP contribution in [0.4, 0.5) is 0 Å². The predicted molar refractivity (Wildman–Crippen MR) is 75.6 cm³/mol. The molecule has 0 aromatic heterocycles. The molecule has 0 bridgehead atoms. The van der Waals surface area contributed by atoms with Gasteiger partial charge in [-0.1, -0.05) is 0 Å². The Kier molecular flexibility index (Phi) is 4.47. The van der Waals surface area contributed by atoms with Crippen LogP contribution in [0.25, 0.3) is 0 Å².